The zero-order valence-corrected chi connectivity index (χ0v) is 14.4. The normalized spacial score (nSPS) is 15.6. The zero-order valence-electron chi connectivity index (χ0n) is 14.4. The number of rotatable bonds is 7. The Morgan fingerprint density at radius 2 is 1.80 bits per heavy atom. The molecule has 1 N–H and O–H groups in total. The molecule has 0 spiro atoms. The average molecular weight is 347 g/mol. The fourth-order valence-corrected chi connectivity index (χ4v) is 2.57. The smallest absolute Gasteiger partial charge is 0.339 e. The summed E-state index contributed by atoms with van der Waals surface area (Å²) in [5, 5.41) is 2.70. The van der Waals surface area contributed by atoms with Crippen molar-refractivity contribution in [3.05, 3.63) is 24.3 Å². The van der Waals surface area contributed by atoms with Gasteiger partial charge in [-0.1, -0.05) is 13.3 Å². The lowest BCUT2D eigenvalue weighted by Gasteiger charge is -2.17. The summed E-state index contributed by atoms with van der Waals surface area (Å²) in [6.45, 7) is 3.34. The lowest BCUT2D eigenvalue weighted by atomic mass is 10.2. The molecule has 0 radical (unpaired) electrons. The highest BCUT2D eigenvalue weighted by molar-refractivity contribution is 6.53. The van der Waals surface area contributed by atoms with Crippen LogP contribution in [-0.2, 0) is 14.4 Å². The number of carbonyl (C=O) groups is 4. The van der Waals surface area contributed by atoms with Crippen LogP contribution in [0.25, 0.3) is 0 Å². The fraction of sp³-hybridized carbons (Fsp3) is 0.412. The summed E-state index contributed by atoms with van der Waals surface area (Å²) in [7, 11) is 1.49. The first-order chi connectivity index (χ1) is 11.9. The van der Waals surface area contributed by atoms with Crippen molar-refractivity contribution in [2.75, 3.05) is 18.6 Å². The number of hydrogen-bond acceptors (Lipinski definition) is 5. The Bertz CT molecular complexity index is 686. The van der Waals surface area contributed by atoms with Crippen LogP contribution >= 0.6 is 0 Å². The van der Waals surface area contributed by atoms with E-state index >= 15 is 0 Å². The molecule has 1 aliphatic rings. The van der Waals surface area contributed by atoms with Gasteiger partial charge < -0.3 is 10.1 Å². The van der Waals surface area contributed by atoms with Gasteiger partial charge in [0.25, 0.3) is 0 Å². The van der Waals surface area contributed by atoms with Gasteiger partial charge in [0.2, 0.25) is 5.91 Å². The van der Waals surface area contributed by atoms with E-state index in [2.05, 4.69) is 5.32 Å². The van der Waals surface area contributed by atoms with Crippen LogP contribution in [-0.4, -0.2) is 48.3 Å². The number of nitrogens with zero attached hydrogens (tertiary/aromatic N) is 2. The van der Waals surface area contributed by atoms with Crippen LogP contribution in [0.3, 0.4) is 0 Å². The topological polar surface area (TPSA) is 96.0 Å². The quantitative estimate of drug-likeness (QED) is 0.592. The lowest BCUT2D eigenvalue weighted by molar-refractivity contribution is -0.140. The first kappa shape index (κ1) is 18.4. The van der Waals surface area contributed by atoms with E-state index in [9.17, 15) is 19.2 Å². The van der Waals surface area contributed by atoms with Crippen molar-refractivity contribution < 1.29 is 23.9 Å². The van der Waals surface area contributed by atoms with Crippen molar-refractivity contribution in [2.45, 2.75) is 32.7 Å². The van der Waals surface area contributed by atoms with E-state index in [1.165, 1.54) is 19.2 Å². The highest BCUT2D eigenvalue weighted by Crippen LogP contribution is 2.24. The average Bonchev–Trinajstić information content (AvgIpc) is 2.79. The zero-order chi connectivity index (χ0) is 18.6. The molecule has 0 bridgehead atoms. The molecule has 25 heavy (non-hydrogen) atoms. The predicted octanol–water partition coefficient (Wildman–Crippen LogP) is 1.30. The lowest BCUT2D eigenvalue weighted by Crippen LogP contribution is -2.44. The van der Waals surface area contributed by atoms with E-state index in [4.69, 9.17) is 4.74 Å². The van der Waals surface area contributed by atoms with Crippen LogP contribution < -0.4 is 15.0 Å². The number of hydrogen-bond donors (Lipinski definition) is 1. The van der Waals surface area contributed by atoms with E-state index < -0.39 is 30.3 Å². The van der Waals surface area contributed by atoms with E-state index in [0.717, 1.165) is 17.7 Å². The Morgan fingerprint density at radius 3 is 2.36 bits per heavy atom. The Balaban J connectivity index is 2.11. The minimum absolute atomic E-state index is 0.0706. The monoisotopic (exact) mass is 347 g/mol. The molecule has 1 saturated heterocycles. The van der Waals surface area contributed by atoms with Gasteiger partial charge in [-0.3, -0.25) is 14.4 Å². The number of anilines is 1. The van der Waals surface area contributed by atoms with Gasteiger partial charge in [-0.05, 0) is 37.6 Å². The molecule has 0 aliphatic carbocycles. The van der Waals surface area contributed by atoms with Crippen LogP contribution in [0.5, 0.6) is 5.75 Å². The SMILES string of the molecule is CCC[C@@H](C)NC(=O)CN1C(=O)C(=O)N(c2ccc(OC)cc2)C1=O. The number of carbonyl (C=O) groups excluding carboxylic acids is 4. The molecular weight excluding hydrogens is 326 g/mol. The van der Waals surface area contributed by atoms with E-state index in [0.29, 0.717) is 10.6 Å². The molecule has 0 unspecified atom stereocenters. The Morgan fingerprint density at radius 1 is 1.16 bits per heavy atom. The van der Waals surface area contributed by atoms with Crippen molar-refractivity contribution in [3.63, 3.8) is 0 Å². The Kier molecular flexibility index (Phi) is 5.74. The highest BCUT2D eigenvalue weighted by Gasteiger charge is 2.46. The number of amides is 5. The van der Waals surface area contributed by atoms with E-state index in [1.807, 2.05) is 13.8 Å². The number of benzene rings is 1. The van der Waals surface area contributed by atoms with Crippen molar-refractivity contribution >= 4 is 29.4 Å². The van der Waals surface area contributed by atoms with Crippen LogP contribution in [0.1, 0.15) is 26.7 Å². The first-order valence-corrected chi connectivity index (χ1v) is 8.02. The first-order valence-electron chi connectivity index (χ1n) is 8.02. The minimum atomic E-state index is -1.01. The molecule has 0 aromatic heterocycles. The van der Waals surface area contributed by atoms with Crippen LogP contribution in [0.15, 0.2) is 24.3 Å². The standard InChI is InChI=1S/C17H21N3O5/c1-4-5-11(2)18-14(21)10-19-15(22)16(23)20(17(19)24)12-6-8-13(25-3)9-7-12/h6-9,11H,4-5,10H2,1-3H3,(H,18,21)/t11-/m1/s1. The Hall–Kier alpha value is -2.90. The van der Waals surface area contributed by atoms with Gasteiger partial charge in [0.15, 0.2) is 0 Å². The predicted molar refractivity (Wildman–Crippen MR) is 90.1 cm³/mol. The van der Waals surface area contributed by atoms with Crippen molar-refractivity contribution in [3.8, 4) is 5.75 Å². The molecule has 2 rings (SSSR count). The van der Waals surface area contributed by atoms with Crippen LogP contribution in [0.2, 0.25) is 0 Å². The molecule has 1 aromatic carbocycles. The molecule has 1 fully saturated rings. The minimum Gasteiger partial charge on any atom is -0.497 e. The summed E-state index contributed by atoms with van der Waals surface area (Å²) < 4.78 is 5.02. The van der Waals surface area contributed by atoms with Gasteiger partial charge in [0.05, 0.1) is 12.8 Å². The van der Waals surface area contributed by atoms with Gasteiger partial charge in [0.1, 0.15) is 12.3 Å². The van der Waals surface area contributed by atoms with Gasteiger partial charge in [-0.2, -0.15) is 0 Å². The third-order valence-corrected chi connectivity index (χ3v) is 3.81. The second-order valence-corrected chi connectivity index (χ2v) is 5.77. The molecule has 134 valence electrons. The third-order valence-electron chi connectivity index (χ3n) is 3.81. The van der Waals surface area contributed by atoms with E-state index in [1.54, 1.807) is 12.1 Å². The number of imide groups is 2. The number of ether oxygens (including phenoxy) is 1. The molecule has 1 aromatic rings. The molecule has 0 saturated carbocycles. The van der Waals surface area contributed by atoms with Gasteiger partial charge >= 0.3 is 17.8 Å². The third kappa shape index (κ3) is 3.96. The number of urea groups is 1. The summed E-state index contributed by atoms with van der Waals surface area (Å²) in [6.07, 6.45) is 1.68. The molecule has 1 heterocycles. The van der Waals surface area contributed by atoms with Gasteiger partial charge in [-0.25, -0.2) is 14.6 Å². The summed E-state index contributed by atoms with van der Waals surface area (Å²) in [6, 6.07) is 5.23. The maximum absolute atomic E-state index is 12.4. The highest BCUT2D eigenvalue weighted by atomic mass is 16.5. The second-order valence-electron chi connectivity index (χ2n) is 5.77. The second kappa shape index (κ2) is 7.78. The molecule has 1 aliphatic heterocycles. The summed E-state index contributed by atoms with van der Waals surface area (Å²) in [4.78, 5) is 50.1. The molecular formula is C17H21N3O5. The van der Waals surface area contributed by atoms with Gasteiger partial charge in [-0.15, -0.1) is 0 Å². The van der Waals surface area contributed by atoms with Crippen LogP contribution in [0.4, 0.5) is 10.5 Å². The molecule has 1 atom stereocenters. The molecule has 8 nitrogen and oxygen atoms in total. The maximum Gasteiger partial charge on any atom is 0.339 e. The van der Waals surface area contributed by atoms with Crippen LogP contribution in [0, 0.1) is 0 Å². The fourth-order valence-electron chi connectivity index (χ4n) is 2.57. The summed E-state index contributed by atoms with van der Waals surface area (Å²) in [5.41, 5.74) is 0.242. The molecule has 8 heteroatoms. The summed E-state index contributed by atoms with van der Waals surface area (Å²) in [5.74, 6) is -1.92. The van der Waals surface area contributed by atoms with Crippen molar-refractivity contribution in [1.29, 1.82) is 0 Å². The number of nitrogens with one attached hydrogen (secondary N) is 1. The van der Waals surface area contributed by atoms with Crippen molar-refractivity contribution in [2.24, 2.45) is 0 Å². The Labute approximate surface area is 145 Å². The van der Waals surface area contributed by atoms with E-state index in [-0.39, 0.29) is 11.7 Å². The summed E-state index contributed by atoms with van der Waals surface area (Å²) >= 11 is 0. The number of methoxy groups -OCH3 is 1. The largest absolute Gasteiger partial charge is 0.497 e. The maximum atomic E-state index is 12.4. The molecule has 5 amide bonds. The van der Waals surface area contributed by atoms with Gasteiger partial charge in [0, 0.05) is 6.04 Å². The van der Waals surface area contributed by atoms with Crippen molar-refractivity contribution in [1.82, 2.24) is 10.2 Å².